The first-order valence-corrected chi connectivity index (χ1v) is 18.9. The number of fused-ring (bicyclic) bond motifs is 10. The summed E-state index contributed by atoms with van der Waals surface area (Å²) in [7, 11) is 0. The number of para-hydroxylation sites is 1. The van der Waals surface area contributed by atoms with Gasteiger partial charge in [0.05, 0.1) is 11.0 Å². The largest absolute Gasteiger partial charge is 0.309 e. The quantitative estimate of drug-likeness (QED) is 0.184. The van der Waals surface area contributed by atoms with Gasteiger partial charge in [-0.25, -0.2) is 15.0 Å². The molecule has 53 heavy (non-hydrogen) atoms. The zero-order chi connectivity index (χ0) is 35.3. The molecule has 4 nitrogen and oxygen atoms in total. The molecule has 0 radical (unpaired) electrons. The van der Waals surface area contributed by atoms with Gasteiger partial charge in [0.1, 0.15) is 0 Å². The number of aromatic nitrogens is 4. The van der Waals surface area contributed by atoms with Crippen LogP contribution in [-0.2, 0) is 5.41 Å². The smallest absolute Gasteiger partial charge is 0.164 e. The van der Waals surface area contributed by atoms with Crippen molar-refractivity contribution in [3.63, 3.8) is 0 Å². The zero-order valence-corrected chi connectivity index (χ0v) is 30.0. The second-order valence-electron chi connectivity index (χ2n) is 14.4. The molecule has 0 atom stereocenters. The molecule has 0 spiro atoms. The van der Waals surface area contributed by atoms with E-state index in [-0.39, 0.29) is 5.41 Å². The molecule has 3 aromatic heterocycles. The second-order valence-corrected chi connectivity index (χ2v) is 15.5. The highest BCUT2D eigenvalue weighted by atomic mass is 32.1. The molecule has 3 heterocycles. The van der Waals surface area contributed by atoms with Crippen molar-refractivity contribution in [2.45, 2.75) is 19.3 Å². The highest BCUT2D eigenvalue weighted by Gasteiger charge is 2.36. The molecule has 11 rings (SSSR count). The van der Waals surface area contributed by atoms with Crippen molar-refractivity contribution in [1.82, 2.24) is 19.5 Å². The van der Waals surface area contributed by atoms with Gasteiger partial charge >= 0.3 is 0 Å². The van der Waals surface area contributed by atoms with Crippen LogP contribution in [0.5, 0.6) is 0 Å². The predicted molar refractivity (Wildman–Crippen MR) is 221 cm³/mol. The summed E-state index contributed by atoms with van der Waals surface area (Å²) in [5, 5.41) is 5.03. The van der Waals surface area contributed by atoms with E-state index in [0.29, 0.717) is 17.5 Å². The van der Waals surface area contributed by atoms with Crippen molar-refractivity contribution >= 4 is 53.3 Å². The van der Waals surface area contributed by atoms with Crippen LogP contribution < -0.4 is 0 Å². The van der Waals surface area contributed by atoms with Crippen molar-refractivity contribution in [3.8, 4) is 51.0 Å². The lowest BCUT2D eigenvalue weighted by Crippen LogP contribution is -2.14. The van der Waals surface area contributed by atoms with Crippen molar-refractivity contribution in [3.05, 3.63) is 169 Å². The van der Waals surface area contributed by atoms with Crippen LogP contribution in [0.4, 0.5) is 0 Å². The minimum atomic E-state index is -0.0861. The summed E-state index contributed by atoms with van der Waals surface area (Å²) >= 11 is 1.87. The van der Waals surface area contributed by atoms with Gasteiger partial charge in [0, 0.05) is 58.7 Å². The third kappa shape index (κ3) is 4.51. The SMILES string of the molecule is CC1(C)c2ccccc2-c2cc3c4c5sc6ccc(-c7nc(-c8ccccc8)nc(-c8ccccc8)n7)cc6c5ccc4n(-c4ccccc4)c3cc21. The molecule has 0 bridgehead atoms. The molecular weight excluding hydrogens is 665 g/mol. The Morgan fingerprint density at radius 1 is 0.472 bits per heavy atom. The maximum absolute atomic E-state index is 5.04. The number of thiophene rings is 1. The summed E-state index contributed by atoms with van der Waals surface area (Å²) in [6, 6.07) is 56.3. The van der Waals surface area contributed by atoms with Crippen molar-refractivity contribution in [2.75, 3.05) is 0 Å². The monoisotopic (exact) mass is 696 g/mol. The van der Waals surface area contributed by atoms with Gasteiger partial charge in [0.15, 0.2) is 17.5 Å². The van der Waals surface area contributed by atoms with E-state index in [1.165, 1.54) is 69.9 Å². The number of nitrogens with zero attached hydrogens (tertiary/aromatic N) is 4. The van der Waals surface area contributed by atoms with Gasteiger partial charge in [-0.15, -0.1) is 11.3 Å². The van der Waals surface area contributed by atoms with Gasteiger partial charge in [-0.2, -0.15) is 0 Å². The molecule has 0 fully saturated rings. The molecule has 0 saturated carbocycles. The average molecular weight is 697 g/mol. The Hall–Kier alpha value is -6.43. The molecule has 0 N–H and O–H groups in total. The Labute approximate surface area is 310 Å². The van der Waals surface area contributed by atoms with E-state index in [0.717, 1.165) is 16.7 Å². The number of hydrogen-bond donors (Lipinski definition) is 0. The molecule has 10 aromatic rings. The van der Waals surface area contributed by atoms with E-state index >= 15 is 0 Å². The van der Waals surface area contributed by atoms with Crippen molar-refractivity contribution < 1.29 is 0 Å². The molecule has 0 unspecified atom stereocenters. The molecule has 0 saturated heterocycles. The molecule has 1 aliphatic carbocycles. The summed E-state index contributed by atoms with van der Waals surface area (Å²) in [6.07, 6.45) is 0. The normalized spacial score (nSPS) is 13.2. The third-order valence-corrected chi connectivity index (χ3v) is 12.2. The topological polar surface area (TPSA) is 43.6 Å². The Morgan fingerprint density at radius 3 is 1.79 bits per heavy atom. The van der Waals surface area contributed by atoms with E-state index in [1.54, 1.807) is 0 Å². The standard InChI is InChI=1S/C48H32N4S/c1-48(2)38-21-13-12-20-33(38)35-27-37-41(28-39(35)48)52(32-18-10-5-11-19-32)40-24-23-34-36-26-31(22-25-42(36)53-44(34)43(37)40)47-50-45(29-14-6-3-7-15-29)49-46(51-47)30-16-8-4-9-17-30/h3-28H,1-2H3. The van der Waals surface area contributed by atoms with E-state index in [4.69, 9.17) is 15.0 Å². The molecular formula is C48H32N4S. The lowest BCUT2D eigenvalue weighted by Gasteiger charge is -2.21. The number of rotatable bonds is 4. The first kappa shape index (κ1) is 30.2. The van der Waals surface area contributed by atoms with Crippen LogP contribution in [-0.4, -0.2) is 19.5 Å². The summed E-state index contributed by atoms with van der Waals surface area (Å²) in [5.41, 5.74) is 11.9. The van der Waals surface area contributed by atoms with Crippen LogP contribution in [0.2, 0.25) is 0 Å². The summed E-state index contributed by atoms with van der Waals surface area (Å²) in [4.78, 5) is 15.0. The summed E-state index contributed by atoms with van der Waals surface area (Å²) in [5.74, 6) is 1.99. The molecule has 1 aliphatic rings. The third-order valence-electron chi connectivity index (χ3n) is 11.0. The highest BCUT2D eigenvalue weighted by Crippen LogP contribution is 2.52. The first-order valence-electron chi connectivity index (χ1n) is 18.0. The van der Waals surface area contributed by atoms with Crippen LogP contribution in [0, 0.1) is 0 Å². The van der Waals surface area contributed by atoms with E-state index in [2.05, 4.69) is 140 Å². The lowest BCUT2D eigenvalue weighted by atomic mass is 9.82. The van der Waals surface area contributed by atoms with Crippen LogP contribution in [0.3, 0.4) is 0 Å². The van der Waals surface area contributed by atoms with E-state index in [9.17, 15) is 0 Å². The fraction of sp³-hybridized carbons (Fsp3) is 0.0625. The Balaban J connectivity index is 1.17. The summed E-state index contributed by atoms with van der Waals surface area (Å²) < 4.78 is 5.00. The van der Waals surface area contributed by atoms with E-state index < -0.39 is 0 Å². The Kier molecular flexibility index (Phi) is 6.43. The lowest BCUT2D eigenvalue weighted by molar-refractivity contribution is 0.661. The second kappa shape index (κ2) is 11.3. The molecule has 250 valence electrons. The number of hydrogen-bond acceptors (Lipinski definition) is 4. The fourth-order valence-electron chi connectivity index (χ4n) is 8.46. The number of benzene rings is 7. The van der Waals surface area contributed by atoms with Crippen molar-refractivity contribution in [2.24, 2.45) is 0 Å². The van der Waals surface area contributed by atoms with Gasteiger partial charge in [0.25, 0.3) is 0 Å². The van der Waals surface area contributed by atoms with Gasteiger partial charge in [-0.1, -0.05) is 123 Å². The van der Waals surface area contributed by atoms with Crippen molar-refractivity contribution in [1.29, 1.82) is 0 Å². The molecule has 0 amide bonds. The maximum atomic E-state index is 5.04. The summed E-state index contributed by atoms with van der Waals surface area (Å²) in [6.45, 7) is 4.72. The van der Waals surface area contributed by atoms with Crippen LogP contribution in [0.1, 0.15) is 25.0 Å². The fourth-order valence-corrected chi connectivity index (χ4v) is 9.70. The molecule has 5 heteroatoms. The minimum Gasteiger partial charge on any atom is -0.309 e. The first-order chi connectivity index (χ1) is 26.0. The van der Waals surface area contributed by atoms with Crippen LogP contribution >= 0.6 is 11.3 Å². The molecule has 7 aromatic carbocycles. The Bertz CT molecular complexity index is 3010. The van der Waals surface area contributed by atoms with Gasteiger partial charge in [-0.3, -0.25) is 0 Å². The maximum Gasteiger partial charge on any atom is 0.164 e. The van der Waals surface area contributed by atoms with Crippen LogP contribution in [0.25, 0.3) is 93.0 Å². The van der Waals surface area contributed by atoms with E-state index in [1.807, 2.05) is 47.7 Å². The van der Waals surface area contributed by atoms with Gasteiger partial charge < -0.3 is 4.57 Å². The molecule has 0 aliphatic heterocycles. The van der Waals surface area contributed by atoms with Gasteiger partial charge in [0.2, 0.25) is 0 Å². The van der Waals surface area contributed by atoms with Gasteiger partial charge in [-0.05, 0) is 70.8 Å². The highest BCUT2D eigenvalue weighted by molar-refractivity contribution is 7.26. The zero-order valence-electron chi connectivity index (χ0n) is 29.2. The minimum absolute atomic E-state index is 0.0861. The average Bonchev–Trinajstić information content (AvgIpc) is 3.83. The predicted octanol–water partition coefficient (Wildman–Crippen LogP) is 12.6. The van der Waals surface area contributed by atoms with Crippen LogP contribution in [0.15, 0.2) is 158 Å². The Morgan fingerprint density at radius 2 is 1.09 bits per heavy atom.